The van der Waals surface area contributed by atoms with Crippen LogP contribution in [0.2, 0.25) is 0 Å². The molecular weight excluding hydrogens is 362 g/mol. The molecule has 1 saturated heterocycles. The smallest absolute Gasteiger partial charge is 0.255 e. The highest BCUT2D eigenvalue weighted by molar-refractivity contribution is 5.96. The fourth-order valence-electron chi connectivity index (χ4n) is 4.09. The average molecular weight is 387 g/mol. The molecule has 1 aromatic carbocycles. The maximum Gasteiger partial charge on any atom is 0.255 e. The van der Waals surface area contributed by atoms with Gasteiger partial charge >= 0.3 is 0 Å². The summed E-state index contributed by atoms with van der Waals surface area (Å²) in [6.45, 7) is 6.26. The van der Waals surface area contributed by atoms with Gasteiger partial charge in [0, 0.05) is 25.8 Å². The number of aromatic nitrogens is 3. The summed E-state index contributed by atoms with van der Waals surface area (Å²) >= 11 is 0. The molecule has 0 atom stereocenters. The molecule has 1 aliphatic rings. The second-order valence-electron chi connectivity index (χ2n) is 8.21. The average Bonchev–Trinajstić information content (AvgIpc) is 3.15. The van der Waals surface area contributed by atoms with E-state index in [-0.39, 0.29) is 5.91 Å². The van der Waals surface area contributed by atoms with E-state index >= 15 is 0 Å². The molecule has 2 aromatic heterocycles. The molecule has 3 aromatic rings. The molecule has 1 aliphatic heterocycles. The Morgan fingerprint density at radius 1 is 1.21 bits per heavy atom. The van der Waals surface area contributed by atoms with Crippen LogP contribution >= 0.6 is 0 Å². The Labute approximate surface area is 170 Å². The summed E-state index contributed by atoms with van der Waals surface area (Å²) in [7, 11) is 0. The number of imidazole rings is 1. The van der Waals surface area contributed by atoms with Crippen molar-refractivity contribution in [2.45, 2.75) is 38.6 Å². The summed E-state index contributed by atoms with van der Waals surface area (Å²) in [5.41, 5.74) is 2.62. The Hall–Kier alpha value is -3.20. The number of likely N-dealkylation sites (tertiary alicyclic amines) is 1. The van der Waals surface area contributed by atoms with Gasteiger partial charge < -0.3 is 9.47 Å². The maximum atomic E-state index is 13.0. The number of nitriles is 1. The lowest BCUT2D eigenvalue weighted by molar-refractivity contribution is 0.0691. The van der Waals surface area contributed by atoms with Crippen LogP contribution in [-0.2, 0) is 12.0 Å². The molecule has 148 valence electrons. The van der Waals surface area contributed by atoms with E-state index in [0.717, 1.165) is 23.3 Å². The van der Waals surface area contributed by atoms with Gasteiger partial charge in [-0.15, -0.1) is 0 Å². The molecule has 1 fully saturated rings. The highest BCUT2D eigenvalue weighted by atomic mass is 16.2. The van der Waals surface area contributed by atoms with Gasteiger partial charge in [-0.25, -0.2) is 9.97 Å². The molecule has 0 N–H and O–H groups in total. The van der Waals surface area contributed by atoms with Crippen molar-refractivity contribution < 1.29 is 4.79 Å². The first-order valence-electron chi connectivity index (χ1n) is 10.1. The third-order valence-corrected chi connectivity index (χ3v) is 5.71. The quantitative estimate of drug-likeness (QED) is 0.683. The van der Waals surface area contributed by atoms with Gasteiger partial charge in [0.05, 0.1) is 23.4 Å². The van der Waals surface area contributed by atoms with Gasteiger partial charge in [-0.1, -0.05) is 44.2 Å². The number of nitrogens with zero attached hydrogens (tertiary/aromatic N) is 5. The molecule has 0 unspecified atom stereocenters. The van der Waals surface area contributed by atoms with Crippen LogP contribution in [-0.4, -0.2) is 38.4 Å². The van der Waals surface area contributed by atoms with Gasteiger partial charge in [0.15, 0.2) is 5.65 Å². The van der Waals surface area contributed by atoms with Gasteiger partial charge in [0.2, 0.25) is 0 Å². The third-order valence-electron chi connectivity index (χ3n) is 5.71. The molecule has 3 heterocycles. The molecule has 0 bridgehead atoms. The predicted molar refractivity (Wildman–Crippen MR) is 111 cm³/mol. The molecule has 0 radical (unpaired) electrons. The van der Waals surface area contributed by atoms with Crippen molar-refractivity contribution in [3.63, 3.8) is 0 Å². The predicted octanol–water partition coefficient (Wildman–Crippen LogP) is 3.78. The summed E-state index contributed by atoms with van der Waals surface area (Å²) in [6.07, 6.45) is 4.70. The minimum absolute atomic E-state index is 0.0441. The Kier molecular flexibility index (Phi) is 5.06. The normalized spacial score (nSPS) is 16.1. The second kappa shape index (κ2) is 7.67. The van der Waals surface area contributed by atoms with E-state index in [2.05, 4.69) is 29.9 Å². The molecular formula is C23H25N5O. The number of hydrogen-bond donors (Lipinski definition) is 0. The summed E-state index contributed by atoms with van der Waals surface area (Å²) in [5.74, 6) is 0.450. The lowest BCUT2D eigenvalue weighted by atomic mass is 9.74. The standard InChI is InChI=1S/C23H25N5O/c1-17(2)14-28-16-26-20-12-18(13-25-21(20)28)22(29)27-10-8-23(15-24,9-11-27)19-6-4-3-5-7-19/h3-7,12-13,16-17H,8-11,14H2,1-2H3. The minimum Gasteiger partial charge on any atom is -0.338 e. The Balaban J connectivity index is 1.50. The zero-order valence-electron chi connectivity index (χ0n) is 16.9. The number of benzene rings is 1. The number of piperidine rings is 1. The summed E-state index contributed by atoms with van der Waals surface area (Å²) in [4.78, 5) is 23.8. The Morgan fingerprint density at radius 2 is 1.93 bits per heavy atom. The van der Waals surface area contributed by atoms with Crippen molar-refractivity contribution in [3.05, 3.63) is 60.0 Å². The largest absolute Gasteiger partial charge is 0.338 e. The summed E-state index contributed by atoms with van der Waals surface area (Å²) < 4.78 is 2.02. The van der Waals surface area contributed by atoms with Crippen LogP contribution in [0.5, 0.6) is 0 Å². The summed E-state index contributed by atoms with van der Waals surface area (Å²) in [6, 6.07) is 14.2. The van der Waals surface area contributed by atoms with E-state index in [1.54, 1.807) is 12.5 Å². The van der Waals surface area contributed by atoms with E-state index in [9.17, 15) is 10.1 Å². The molecule has 6 heteroatoms. The van der Waals surface area contributed by atoms with E-state index in [1.165, 1.54) is 0 Å². The molecule has 0 spiro atoms. The van der Waals surface area contributed by atoms with Crippen molar-refractivity contribution in [1.82, 2.24) is 19.4 Å². The first-order valence-corrected chi connectivity index (χ1v) is 10.1. The number of pyridine rings is 1. The van der Waals surface area contributed by atoms with Crippen LogP contribution in [0.1, 0.15) is 42.6 Å². The van der Waals surface area contributed by atoms with Crippen LogP contribution in [0.4, 0.5) is 0 Å². The molecule has 0 saturated carbocycles. The van der Waals surface area contributed by atoms with E-state index in [0.29, 0.717) is 37.4 Å². The van der Waals surface area contributed by atoms with Crippen LogP contribution in [0.25, 0.3) is 11.2 Å². The van der Waals surface area contributed by atoms with Crippen molar-refractivity contribution in [2.24, 2.45) is 5.92 Å². The number of rotatable bonds is 4. The topological polar surface area (TPSA) is 74.8 Å². The van der Waals surface area contributed by atoms with Crippen LogP contribution in [0.3, 0.4) is 0 Å². The number of hydrogen-bond acceptors (Lipinski definition) is 4. The SMILES string of the molecule is CC(C)Cn1cnc2cc(C(=O)N3CCC(C#N)(c4ccccc4)CC3)cnc21. The van der Waals surface area contributed by atoms with Gasteiger partial charge in [0.1, 0.15) is 5.52 Å². The fourth-order valence-corrected chi connectivity index (χ4v) is 4.09. The van der Waals surface area contributed by atoms with E-state index < -0.39 is 5.41 Å². The molecule has 0 aliphatic carbocycles. The highest BCUT2D eigenvalue weighted by Gasteiger charge is 2.37. The molecule has 29 heavy (non-hydrogen) atoms. The van der Waals surface area contributed by atoms with Crippen molar-refractivity contribution in [2.75, 3.05) is 13.1 Å². The van der Waals surface area contributed by atoms with Gasteiger partial charge in [-0.3, -0.25) is 4.79 Å². The first-order chi connectivity index (χ1) is 14.0. The Bertz CT molecular complexity index is 1060. The van der Waals surface area contributed by atoms with Gasteiger partial charge in [-0.05, 0) is 30.4 Å². The second-order valence-corrected chi connectivity index (χ2v) is 8.21. The van der Waals surface area contributed by atoms with Crippen LogP contribution in [0.15, 0.2) is 48.9 Å². The first kappa shape index (κ1) is 19.1. The van der Waals surface area contributed by atoms with E-state index in [4.69, 9.17) is 0 Å². The fraction of sp³-hybridized carbons (Fsp3) is 0.391. The van der Waals surface area contributed by atoms with Crippen LogP contribution in [0, 0.1) is 17.2 Å². The van der Waals surface area contributed by atoms with E-state index in [1.807, 2.05) is 45.9 Å². The highest BCUT2D eigenvalue weighted by Crippen LogP contribution is 2.35. The maximum absolute atomic E-state index is 13.0. The Morgan fingerprint density at radius 3 is 2.59 bits per heavy atom. The zero-order valence-corrected chi connectivity index (χ0v) is 16.9. The van der Waals surface area contributed by atoms with Gasteiger partial charge in [0.25, 0.3) is 5.91 Å². The monoisotopic (exact) mass is 387 g/mol. The number of carbonyl (C=O) groups excluding carboxylic acids is 1. The zero-order chi connectivity index (χ0) is 20.4. The number of fused-ring (bicyclic) bond motifs is 1. The lowest BCUT2D eigenvalue weighted by Crippen LogP contribution is -2.44. The number of carbonyl (C=O) groups is 1. The molecule has 6 nitrogen and oxygen atoms in total. The number of amides is 1. The minimum atomic E-state index is -0.518. The van der Waals surface area contributed by atoms with Crippen LogP contribution < -0.4 is 0 Å². The van der Waals surface area contributed by atoms with Gasteiger partial charge in [-0.2, -0.15) is 5.26 Å². The molecule has 4 rings (SSSR count). The summed E-state index contributed by atoms with van der Waals surface area (Å²) in [5, 5.41) is 9.85. The van der Waals surface area contributed by atoms with Crippen molar-refractivity contribution in [1.29, 1.82) is 5.26 Å². The third kappa shape index (κ3) is 3.61. The van der Waals surface area contributed by atoms with Crippen molar-refractivity contribution in [3.8, 4) is 6.07 Å². The lowest BCUT2D eigenvalue weighted by Gasteiger charge is -2.37. The van der Waals surface area contributed by atoms with Crippen molar-refractivity contribution >= 4 is 17.1 Å². The molecule has 1 amide bonds.